The number of benzene rings is 1. The van der Waals surface area contributed by atoms with Gasteiger partial charge in [0.25, 0.3) is 0 Å². The van der Waals surface area contributed by atoms with E-state index in [0.717, 1.165) is 17.4 Å². The molecule has 1 saturated heterocycles. The van der Waals surface area contributed by atoms with Crippen LogP contribution >= 0.6 is 23.1 Å². The number of nitrogens with one attached hydrogen (secondary N) is 1. The molecular formula is C16H17N5O3S3. The third kappa shape index (κ3) is 3.59. The normalized spacial score (nSPS) is 18.6. The monoisotopic (exact) mass is 423 g/mol. The Bertz CT molecular complexity index is 1090. The first-order chi connectivity index (χ1) is 12.9. The highest BCUT2D eigenvalue weighted by atomic mass is 32.2. The second-order valence-corrected chi connectivity index (χ2v) is 9.67. The fourth-order valence-corrected chi connectivity index (χ4v) is 6.09. The summed E-state index contributed by atoms with van der Waals surface area (Å²) in [5.74, 6) is -0.608. The van der Waals surface area contributed by atoms with Gasteiger partial charge in [-0.1, -0.05) is 6.07 Å². The first kappa shape index (κ1) is 18.4. The lowest BCUT2D eigenvalue weighted by atomic mass is 9.99. The Kier molecular flexibility index (Phi) is 4.93. The van der Waals surface area contributed by atoms with E-state index in [1.54, 1.807) is 18.2 Å². The molecule has 0 aliphatic carbocycles. The summed E-state index contributed by atoms with van der Waals surface area (Å²) in [7, 11) is -3.75. The van der Waals surface area contributed by atoms with Crippen molar-refractivity contribution in [2.75, 3.05) is 18.4 Å². The Balaban J connectivity index is 1.55. The maximum absolute atomic E-state index is 13.1. The molecule has 1 N–H and O–H groups in total. The van der Waals surface area contributed by atoms with Crippen LogP contribution in [0.25, 0.3) is 11.0 Å². The summed E-state index contributed by atoms with van der Waals surface area (Å²) in [5, 5.41) is 5.19. The van der Waals surface area contributed by atoms with E-state index in [9.17, 15) is 13.2 Å². The van der Waals surface area contributed by atoms with E-state index < -0.39 is 15.9 Å². The van der Waals surface area contributed by atoms with Crippen LogP contribution in [0.1, 0.15) is 18.5 Å². The topological polar surface area (TPSA) is 105 Å². The Labute approximate surface area is 164 Å². The molecule has 0 bridgehead atoms. The number of hydrogen-bond acceptors (Lipinski definition) is 8. The van der Waals surface area contributed by atoms with Crippen molar-refractivity contribution >= 4 is 55.2 Å². The number of piperidine rings is 1. The Morgan fingerprint density at radius 1 is 1.33 bits per heavy atom. The quantitative estimate of drug-likeness (QED) is 0.691. The SMILES string of the molecule is Cc1csc(NC(=O)[C@H]2CCCN(S(=O)(=O)c3cccc4nsnc34)C2)n1. The molecule has 2 aromatic heterocycles. The molecule has 1 aromatic carbocycles. The van der Waals surface area contributed by atoms with Crippen LogP contribution in [0.2, 0.25) is 0 Å². The molecule has 1 fully saturated rings. The minimum atomic E-state index is -3.75. The van der Waals surface area contributed by atoms with Gasteiger partial charge < -0.3 is 5.32 Å². The minimum absolute atomic E-state index is 0.144. The number of amides is 1. The second-order valence-electron chi connectivity index (χ2n) is 6.37. The molecular weight excluding hydrogens is 406 g/mol. The summed E-state index contributed by atoms with van der Waals surface area (Å²) in [6.07, 6.45) is 1.27. The number of thiazole rings is 1. The number of hydrogen-bond donors (Lipinski definition) is 1. The molecule has 3 heterocycles. The number of sulfonamides is 1. The number of nitrogens with zero attached hydrogens (tertiary/aromatic N) is 4. The zero-order valence-corrected chi connectivity index (χ0v) is 16.9. The third-order valence-corrected chi connectivity index (χ3v) is 7.79. The molecule has 0 spiro atoms. The number of rotatable bonds is 4. The number of anilines is 1. The van der Waals surface area contributed by atoms with Crippen LogP contribution in [0.5, 0.6) is 0 Å². The van der Waals surface area contributed by atoms with Crippen molar-refractivity contribution < 1.29 is 13.2 Å². The van der Waals surface area contributed by atoms with Gasteiger partial charge >= 0.3 is 0 Å². The highest BCUT2D eigenvalue weighted by Gasteiger charge is 2.34. The lowest BCUT2D eigenvalue weighted by Crippen LogP contribution is -2.43. The van der Waals surface area contributed by atoms with Crippen LogP contribution in [0.4, 0.5) is 5.13 Å². The minimum Gasteiger partial charge on any atom is -0.302 e. The van der Waals surface area contributed by atoms with Gasteiger partial charge in [-0.15, -0.1) is 11.3 Å². The second kappa shape index (κ2) is 7.23. The molecule has 0 saturated carbocycles. The van der Waals surface area contributed by atoms with Gasteiger partial charge in [0, 0.05) is 18.5 Å². The Morgan fingerprint density at radius 2 is 2.19 bits per heavy atom. The summed E-state index contributed by atoms with van der Waals surface area (Å²) in [5.41, 5.74) is 1.78. The maximum Gasteiger partial charge on any atom is 0.245 e. The van der Waals surface area contributed by atoms with Gasteiger partial charge in [0.2, 0.25) is 15.9 Å². The highest BCUT2D eigenvalue weighted by molar-refractivity contribution is 7.89. The largest absolute Gasteiger partial charge is 0.302 e. The number of aryl methyl sites for hydroxylation is 1. The van der Waals surface area contributed by atoms with Crippen molar-refractivity contribution in [3.63, 3.8) is 0 Å². The van der Waals surface area contributed by atoms with E-state index in [4.69, 9.17) is 0 Å². The number of fused-ring (bicyclic) bond motifs is 1. The zero-order chi connectivity index (χ0) is 19.0. The van der Waals surface area contributed by atoms with Crippen LogP contribution < -0.4 is 5.32 Å². The van der Waals surface area contributed by atoms with Crippen molar-refractivity contribution in [3.05, 3.63) is 29.3 Å². The number of carbonyl (C=O) groups is 1. The smallest absolute Gasteiger partial charge is 0.245 e. The zero-order valence-electron chi connectivity index (χ0n) is 14.5. The van der Waals surface area contributed by atoms with Gasteiger partial charge in [0.05, 0.1) is 23.3 Å². The lowest BCUT2D eigenvalue weighted by molar-refractivity contribution is -0.120. The highest BCUT2D eigenvalue weighted by Crippen LogP contribution is 2.28. The predicted molar refractivity (Wildman–Crippen MR) is 104 cm³/mol. The summed E-state index contributed by atoms with van der Waals surface area (Å²) in [6.45, 7) is 2.39. The molecule has 4 rings (SSSR count). The Morgan fingerprint density at radius 3 is 2.96 bits per heavy atom. The van der Waals surface area contributed by atoms with Gasteiger partial charge in [-0.2, -0.15) is 13.1 Å². The average Bonchev–Trinajstić information content (AvgIpc) is 3.30. The summed E-state index contributed by atoms with van der Waals surface area (Å²) >= 11 is 2.34. The Hall–Kier alpha value is -1.95. The molecule has 1 amide bonds. The van der Waals surface area contributed by atoms with Crippen LogP contribution in [-0.2, 0) is 14.8 Å². The number of aromatic nitrogens is 3. The van der Waals surface area contributed by atoms with E-state index in [1.165, 1.54) is 15.6 Å². The molecule has 3 aromatic rings. The van der Waals surface area contributed by atoms with Crippen LogP contribution in [0, 0.1) is 12.8 Å². The van der Waals surface area contributed by atoms with Gasteiger partial charge in [-0.3, -0.25) is 4.79 Å². The van der Waals surface area contributed by atoms with Gasteiger partial charge in [-0.05, 0) is 31.9 Å². The fraction of sp³-hybridized carbons (Fsp3) is 0.375. The van der Waals surface area contributed by atoms with Crippen molar-refractivity contribution in [2.24, 2.45) is 5.92 Å². The van der Waals surface area contributed by atoms with E-state index in [1.807, 2.05) is 12.3 Å². The molecule has 27 heavy (non-hydrogen) atoms. The molecule has 8 nitrogen and oxygen atoms in total. The number of carbonyl (C=O) groups excluding carboxylic acids is 1. The average molecular weight is 424 g/mol. The van der Waals surface area contributed by atoms with Crippen molar-refractivity contribution in [1.82, 2.24) is 18.0 Å². The molecule has 0 radical (unpaired) electrons. The van der Waals surface area contributed by atoms with Crippen molar-refractivity contribution in [2.45, 2.75) is 24.7 Å². The van der Waals surface area contributed by atoms with E-state index in [-0.39, 0.29) is 17.3 Å². The summed E-state index contributed by atoms with van der Waals surface area (Å²) < 4.78 is 35.9. The summed E-state index contributed by atoms with van der Waals surface area (Å²) in [4.78, 5) is 16.9. The van der Waals surface area contributed by atoms with Gasteiger partial charge in [0.1, 0.15) is 15.9 Å². The van der Waals surface area contributed by atoms with Gasteiger partial charge in [0.15, 0.2) is 5.13 Å². The van der Waals surface area contributed by atoms with Crippen LogP contribution in [0.15, 0.2) is 28.5 Å². The van der Waals surface area contributed by atoms with Crippen LogP contribution in [0.3, 0.4) is 0 Å². The maximum atomic E-state index is 13.1. The van der Waals surface area contributed by atoms with Gasteiger partial charge in [-0.25, -0.2) is 13.4 Å². The van der Waals surface area contributed by atoms with Crippen molar-refractivity contribution in [1.29, 1.82) is 0 Å². The first-order valence-corrected chi connectivity index (χ1v) is 11.4. The lowest BCUT2D eigenvalue weighted by Gasteiger charge is -2.31. The first-order valence-electron chi connectivity index (χ1n) is 8.39. The van der Waals surface area contributed by atoms with Crippen molar-refractivity contribution in [3.8, 4) is 0 Å². The molecule has 1 atom stereocenters. The molecule has 1 aliphatic heterocycles. The fourth-order valence-electron chi connectivity index (χ4n) is 3.12. The van der Waals surface area contributed by atoms with Crippen LogP contribution in [-0.4, -0.2) is 45.5 Å². The van der Waals surface area contributed by atoms with E-state index >= 15 is 0 Å². The van der Waals surface area contributed by atoms with E-state index in [2.05, 4.69) is 19.0 Å². The standard InChI is InChI=1S/C16H17N5O3S3/c1-10-9-25-16(17-10)18-15(22)11-4-3-7-21(8-11)27(23,24)13-6-2-5-12-14(13)20-26-19-12/h2,5-6,9,11H,3-4,7-8H2,1H3,(H,17,18,22)/t11-/m0/s1. The molecule has 0 unspecified atom stereocenters. The molecule has 1 aliphatic rings. The van der Waals surface area contributed by atoms with E-state index in [0.29, 0.717) is 35.6 Å². The summed E-state index contributed by atoms with van der Waals surface area (Å²) in [6, 6.07) is 4.94. The predicted octanol–water partition coefficient (Wildman–Crippen LogP) is 2.50. The third-order valence-electron chi connectivity index (χ3n) is 4.47. The molecule has 142 valence electrons. The molecule has 11 heteroatoms.